The minimum absolute atomic E-state index is 0. The Balaban J connectivity index is 0. The first-order chi connectivity index (χ1) is 3.06. The lowest BCUT2D eigenvalue weighted by atomic mass is 10.9. The summed E-state index contributed by atoms with van der Waals surface area (Å²) >= 11 is 0. The molecule has 0 atom stereocenters. The zero-order valence-electron chi connectivity index (χ0n) is 5.72. The lowest BCUT2D eigenvalue weighted by Gasteiger charge is -2.07. The molecular weight excluding hydrogens is 187 g/mol. The minimum atomic E-state index is -0.666. The monoisotopic (exact) mass is 201 g/mol. The first-order valence-electron chi connectivity index (χ1n) is 2.47. The van der Waals surface area contributed by atoms with Gasteiger partial charge < -0.3 is 5.11 Å². The summed E-state index contributed by atoms with van der Waals surface area (Å²) in [6.45, 7) is 7.03. The Bertz CT molecular complexity index is 50.9. The number of halogens is 1. The molecule has 0 amide bonds. The molecule has 0 spiro atoms. The van der Waals surface area contributed by atoms with Gasteiger partial charge in [-0.2, -0.15) is 0 Å². The van der Waals surface area contributed by atoms with Gasteiger partial charge in [-0.15, -0.1) is 17.0 Å². The number of hydrogen-bond donors (Lipinski definition) is 1. The molecule has 0 unspecified atom stereocenters. The van der Waals surface area contributed by atoms with Crippen LogP contribution in [0.5, 0.6) is 0 Å². The highest BCUT2D eigenvalue weighted by atomic mass is 79.9. The van der Waals surface area contributed by atoms with E-state index < -0.39 is 7.26 Å². The Hall–Kier alpha value is 0.870. The highest BCUT2D eigenvalue weighted by molar-refractivity contribution is 8.93. The van der Waals surface area contributed by atoms with Gasteiger partial charge in [-0.05, 0) is 0 Å². The van der Waals surface area contributed by atoms with E-state index in [1.165, 1.54) is 0 Å². The van der Waals surface area contributed by atoms with E-state index >= 15 is 0 Å². The number of rotatable bonds is 2. The van der Waals surface area contributed by atoms with Gasteiger partial charge >= 0.3 is 0 Å². The molecule has 0 heterocycles. The van der Waals surface area contributed by atoms with E-state index in [-0.39, 0.29) is 17.0 Å². The maximum atomic E-state index is 8.43. The fourth-order valence-corrected chi connectivity index (χ4v) is 0.900. The zero-order chi connectivity index (χ0) is 5.91. The fraction of sp³-hybridized carbons (Fsp3) is 1.00. The highest BCUT2D eigenvalue weighted by Gasteiger charge is 2.14. The van der Waals surface area contributed by atoms with Crippen LogP contribution in [-0.2, 0) is 0 Å². The molecule has 8 heavy (non-hydrogen) atoms. The predicted molar refractivity (Wildman–Crippen MR) is 47.0 cm³/mol. The standard InChI is InChI=1S/C5H14OP.BrH/c1-7(2,3)5-4-6;/h6H,4-5H2,1-3H3;1H/q+1;. The lowest BCUT2D eigenvalue weighted by Crippen LogP contribution is -1.96. The Morgan fingerprint density at radius 2 is 1.62 bits per heavy atom. The van der Waals surface area contributed by atoms with Crippen LogP contribution in [0.15, 0.2) is 0 Å². The Morgan fingerprint density at radius 1 is 1.25 bits per heavy atom. The van der Waals surface area contributed by atoms with Crippen molar-refractivity contribution in [1.29, 1.82) is 0 Å². The zero-order valence-corrected chi connectivity index (χ0v) is 8.32. The Kier molecular flexibility index (Phi) is 6.87. The molecule has 0 saturated heterocycles. The van der Waals surface area contributed by atoms with Crippen LogP contribution in [0, 0.1) is 0 Å². The summed E-state index contributed by atoms with van der Waals surface area (Å²) in [5, 5.41) is 8.43. The molecule has 3 heteroatoms. The maximum Gasteiger partial charge on any atom is 0.0817 e. The maximum absolute atomic E-state index is 8.43. The minimum Gasteiger partial charge on any atom is -0.393 e. The molecule has 0 rings (SSSR count). The largest absolute Gasteiger partial charge is 0.393 e. The molecule has 0 aliphatic heterocycles. The SMILES string of the molecule is Br.C[P+](C)(C)CCO. The third-order valence-corrected chi connectivity index (χ3v) is 2.31. The van der Waals surface area contributed by atoms with Crippen LogP contribution in [-0.4, -0.2) is 37.9 Å². The van der Waals surface area contributed by atoms with Gasteiger partial charge in [0.1, 0.15) is 0 Å². The Morgan fingerprint density at radius 3 is 1.62 bits per heavy atom. The van der Waals surface area contributed by atoms with Gasteiger partial charge in [-0.3, -0.25) is 0 Å². The topological polar surface area (TPSA) is 20.2 Å². The molecule has 0 radical (unpaired) electrons. The highest BCUT2D eigenvalue weighted by Crippen LogP contribution is 2.45. The molecule has 0 aliphatic rings. The Labute approximate surface area is 62.6 Å². The second-order valence-electron chi connectivity index (χ2n) is 2.74. The van der Waals surface area contributed by atoms with Gasteiger partial charge in [-0.1, -0.05) is 0 Å². The van der Waals surface area contributed by atoms with Gasteiger partial charge in [0.2, 0.25) is 0 Å². The summed E-state index contributed by atoms with van der Waals surface area (Å²) in [4.78, 5) is 0. The number of aliphatic hydroxyl groups excluding tert-OH is 1. The van der Waals surface area contributed by atoms with E-state index in [0.717, 1.165) is 6.16 Å². The van der Waals surface area contributed by atoms with Gasteiger partial charge in [0, 0.05) is 27.3 Å². The van der Waals surface area contributed by atoms with E-state index in [4.69, 9.17) is 5.11 Å². The van der Waals surface area contributed by atoms with Crippen molar-refractivity contribution in [2.24, 2.45) is 0 Å². The molecule has 0 fully saturated rings. The van der Waals surface area contributed by atoms with E-state index in [0.29, 0.717) is 6.61 Å². The number of aliphatic hydroxyl groups is 1. The van der Waals surface area contributed by atoms with Gasteiger partial charge in [0.25, 0.3) is 0 Å². The average molecular weight is 202 g/mol. The lowest BCUT2D eigenvalue weighted by molar-refractivity contribution is 0.321. The first-order valence-corrected chi connectivity index (χ1v) is 5.79. The first kappa shape index (κ1) is 11.6. The van der Waals surface area contributed by atoms with Crippen molar-refractivity contribution >= 4 is 24.2 Å². The molecule has 0 aromatic rings. The second-order valence-corrected chi connectivity index (χ2v) is 7.77. The van der Waals surface area contributed by atoms with Crippen LogP contribution in [0.3, 0.4) is 0 Å². The van der Waals surface area contributed by atoms with Crippen molar-refractivity contribution in [3.05, 3.63) is 0 Å². The summed E-state index contributed by atoms with van der Waals surface area (Å²) in [6.07, 6.45) is 1.01. The van der Waals surface area contributed by atoms with Crippen LogP contribution in [0.4, 0.5) is 0 Å². The summed E-state index contributed by atoms with van der Waals surface area (Å²) in [5.41, 5.74) is 0. The van der Waals surface area contributed by atoms with Crippen LogP contribution in [0.1, 0.15) is 0 Å². The molecule has 52 valence electrons. The second kappa shape index (κ2) is 4.72. The molecule has 0 bridgehead atoms. The average Bonchev–Trinajstić information content (AvgIpc) is 1.30. The summed E-state index contributed by atoms with van der Waals surface area (Å²) in [5.74, 6) is 0. The van der Waals surface area contributed by atoms with Gasteiger partial charge in [0.05, 0.1) is 12.8 Å². The molecule has 1 N–H and O–H groups in total. The van der Waals surface area contributed by atoms with E-state index in [1.807, 2.05) is 0 Å². The van der Waals surface area contributed by atoms with Gasteiger partial charge in [0.15, 0.2) is 0 Å². The van der Waals surface area contributed by atoms with Crippen molar-refractivity contribution in [2.45, 2.75) is 0 Å². The summed E-state index contributed by atoms with van der Waals surface area (Å²) < 4.78 is 0. The number of hydrogen-bond acceptors (Lipinski definition) is 1. The van der Waals surface area contributed by atoms with Crippen LogP contribution in [0.2, 0.25) is 0 Å². The smallest absolute Gasteiger partial charge is 0.0817 e. The molecular formula is C5H15BrOP+. The summed E-state index contributed by atoms with van der Waals surface area (Å²) in [6, 6.07) is 0. The third kappa shape index (κ3) is 9.98. The van der Waals surface area contributed by atoms with Crippen molar-refractivity contribution in [3.8, 4) is 0 Å². The summed E-state index contributed by atoms with van der Waals surface area (Å²) in [7, 11) is -0.666. The van der Waals surface area contributed by atoms with E-state index in [2.05, 4.69) is 20.0 Å². The van der Waals surface area contributed by atoms with E-state index in [1.54, 1.807) is 0 Å². The molecule has 0 aromatic heterocycles. The molecule has 0 aliphatic carbocycles. The van der Waals surface area contributed by atoms with E-state index in [9.17, 15) is 0 Å². The quantitative estimate of drug-likeness (QED) is 0.672. The van der Waals surface area contributed by atoms with Gasteiger partial charge in [-0.25, -0.2) is 0 Å². The van der Waals surface area contributed by atoms with Crippen molar-refractivity contribution in [1.82, 2.24) is 0 Å². The normalized spacial score (nSPS) is 10.5. The van der Waals surface area contributed by atoms with Crippen molar-refractivity contribution < 1.29 is 5.11 Å². The predicted octanol–water partition coefficient (Wildman–Crippen LogP) is 1.46. The molecule has 1 nitrogen and oxygen atoms in total. The fourth-order valence-electron chi connectivity index (χ4n) is 0.300. The van der Waals surface area contributed by atoms with Crippen LogP contribution >= 0.6 is 24.2 Å². The molecule has 0 aromatic carbocycles. The van der Waals surface area contributed by atoms with Crippen LogP contribution < -0.4 is 0 Å². The van der Waals surface area contributed by atoms with Crippen molar-refractivity contribution in [2.75, 3.05) is 32.8 Å². The van der Waals surface area contributed by atoms with Crippen LogP contribution in [0.25, 0.3) is 0 Å². The van der Waals surface area contributed by atoms with Crippen molar-refractivity contribution in [3.63, 3.8) is 0 Å². The third-order valence-electron chi connectivity index (χ3n) is 0.771. The molecule has 0 saturated carbocycles.